The summed E-state index contributed by atoms with van der Waals surface area (Å²) in [5, 5.41) is 1.48. The largest absolute Gasteiger partial charge is 0.466 e. The molecule has 0 bridgehead atoms. The molecule has 0 spiro atoms. The maximum absolute atomic E-state index is 11.2. The zero-order valence-corrected chi connectivity index (χ0v) is 12.4. The van der Waals surface area contributed by atoms with Gasteiger partial charge in [-0.3, -0.25) is 4.79 Å². The van der Waals surface area contributed by atoms with Crippen LogP contribution in [0.2, 0.25) is 5.54 Å². The summed E-state index contributed by atoms with van der Waals surface area (Å²) >= 11 is 0. The number of benzene rings is 1. The summed E-state index contributed by atoms with van der Waals surface area (Å²) in [7, 11) is -0.268. The van der Waals surface area contributed by atoms with E-state index in [2.05, 4.69) is 38.1 Å². The van der Waals surface area contributed by atoms with E-state index in [9.17, 15) is 4.79 Å². The van der Waals surface area contributed by atoms with Crippen LogP contribution >= 0.6 is 0 Å². The van der Waals surface area contributed by atoms with Gasteiger partial charge in [-0.2, -0.15) is 0 Å². The summed E-state index contributed by atoms with van der Waals surface area (Å²) in [4.78, 5) is 11.2. The van der Waals surface area contributed by atoms with E-state index in [0.717, 1.165) is 6.42 Å². The molecule has 0 aliphatic heterocycles. The summed E-state index contributed by atoms with van der Waals surface area (Å²) in [5.74, 6) is -0.0581. The smallest absolute Gasteiger partial charge is 0.305 e. The number of hydrogen-bond acceptors (Lipinski definition) is 2. The Kier molecular flexibility index (Phi) is 5.98. The molecule has 1 atom stereocenters. The first-order valence-electron chi connectivity index (χ1n) is 6.33. The normalized spacial score (nSPS) is 12.9. The standard InChI is InChI=1S/C14H22O2Si/c1-4-16-14(15)10-7-12(3)17-13-8-5-11(2)6-9-13/h5-6,8-9,12H,4,7,10,17H2,1-3H3. The molecule has 1 unspecified atom stereocenters. The zero-order valence-electron chi connectivity index (χ0n) is 11.0. The second-order valence-corrected chi connectivity index (χ2v) is 7.26. The van der Waals surface area contributed by atoms with Crippen molar-refractivity contribution in [2.45, 2.75) is 39.2 Å². The maximum atomic E-state index is 11.2. The third-order valence-corrected chi connectivity index (χ3v) is 4.90. The summed E-state index contributed by atoms with van der Waals surface area (Å²) in [6.45, 7) is 6.69. The highest BCUT2D eigenvalue weighted by atomic mass is 28.2. The lowest BCUT2D eigenvalue weighted by molar-refractivity contribution is -0.143. The van der Waals surface area contributed by atoms with Crippen molar-refractivity contribution in [1.29, 1.82) is 0 Å². The molecule has 17 heavy (non-hydrogen) atoms. The van der Waals surface area contributed by atoms with Gasteiger partial charge in [-0.05, 0) is 25.8 Å². The van der Waals surface area contributed by atoms with Crippen LogP contribution in [-0.4, -0.2) is 22.1 Å². The fraction of sp³-hybridized carbons (Fsp3) is 0.500. The second kappa shape index (κ2) is 7.28. The fourth-order valence-corrected chi connectivity index (χ4v) is 3.55. The highest BCUT2D eigenvalue weighted by Gasteiger charge is 2.08. The molecule has 3 heteroatoms. The predicted octanol–water partition coefficient (Wildman–Crippen LogP) is 1.94. The molecule has 0 aliphatic carbocycles. The van der Waals surface area contributed by atoms with Crippen LogP contribution < -0.4 is 5.19 Å². The van der Waals surface area contributed by atoms with E-state index in [1.807, 2.05) is 6.92 Å². The first-order chi connectivity index (χ1) is 8.11. The van der Waals surface area contributed by atoms with Gasteiger partial charge in [0.1, 0.15) is 0 Å². The Morgan fingerprint density at radius 3 is 2.59 bits per heavy atom. The Labute approximate surface area is 106 Å². The molecule has 1 aromatic carbocycles. The van der Waals surface area contributed by atoms with Crippen molar-refractivity contribution in [1.82, 2.24) is 0 Å². The van der Waals surface area contributed by atoms with Crippen molar-refractivity contribution in [3.8, 4) is 0 Å². The molecule has 1 rings (SSSR count). The van der Waals surface area contributed by atoms with E-state index < -0.39 is 0 Å². The van der Waals surface area contributed by atoms with Crippen molar-refractivity contribution < 1.29 is 9.53 Å². The van der Waals surface area contributed by atoms with Crippen molar-refractivity contribution in [2.24, 2.45) is 0 Å². The number of hydrogen-bond donors (Lipinski definition) is 0. The average Bonchev–Trinajstić information content (AvgIpc) is 2.30. The van der Waals surface area contributed by atoms with Crippen molar-refractivity contribution in [3.63, 3.8) is 0 Å². The lowest BCUT2D eigenvalue weighted by atomic mass is 10.2. The van der Waals surface area contributed by atoms with E-state index in [0.29, 0.717) is 18.6 Å². The van der Waals surface area contributed by atoms with Crippen molar-refractivity contribution in [2.75, 3.05) is 6.61 Å². The summed E-state index contributed by atoms with van der Waals surface area (Å²) in [6.07, 6.45) is 1.52. The van der Waals surface area contributed by atoms with Gasteiger partial charge in [0.05, 0.1) is 16.1 Å². The van der Waals surface area contributed by atoms with Gasteiger partial charge in [0.25, 0.3) is 0 Å². The number of aryl methyl sites for hydroxylation is 1. The van der Waals surface area contributed by atoms with E-state index in [1.54, 1.807) is 0 Å². The molecule has 0 saturated heterocycles. The molecule has 0 fully saturated rings. The molecule has 0 aromatic heterocycles. The molecule has 2 nitrogen and oxygen atoms in total. The highest BCUT2D eigenvalue weighted by Crippen LogP contribution is 2.11. The molecule has 0 heterocycles. The first-order valence-corrected chi connectivity index (χ1v) is 7.85. The highest BCUT2D eigenvalue weighted by molar-refractivity contribution is 6.54. The fourth-order valence-electron chi connectivity index (χ4n) is 1.83. The Morgan fingerprint density at radius 2 is 2.00 bits per heavy atom. The molecule has 0 N–H and O–H groups in total. The third-order valence-electron chi connectivity index (χ3n) is 2.85. The van der Waals surface area contributed by atoms with Crippen LogP contribution in [0.15, 0.2) is 24.3 Å². The molecule has 0 saturated carbocycles. The minimum Gasteiger partial charge on any atom is -0.466 e. The average molecular weight is 250 g/mol. The summed E-state index contributed by atoms with van der Waals surface area (Å²) in [5.41, 5.74) is 1.96. The Hall–Kier alpha value is -1.09. The predicted molar refractivity (Wildman–Crippen MR) is 74.6 cm³/mol. The quantitative estimate of drug-likeness (QED) is 0.570. The third kappa shape index (κ3) is 5.68. The lowest BCUT2D eigenvalue weighted by Gasteiger charge is -2.10. The molecular weight excluding hydrogens is 228 g/mol. The Morgan fingerprint density at radius 1 is 1.35 bits per heavy atom. The van der Waals surface area contributed by atoms with Crippen LogP contribution in [-0.2, 0) is 9.53 Å². The van der Waals surface area contributed by atoms with E-state index in [-0.39, 0.29) is 15.5 Å². The molecule has 0 aliphatic rings. The number of carbonyl (C=O) groups excluding carboxylic acids is 1. The molecule has 1 aromatic rings. The van der Waals surface area contributed by atoms with E-state index >= 15 is 0 Å². The van der Waals surface area contributed by atoms with Crippen LogP contribution in [0.1, 0.15) is 32.3 Å². The topological polar surface area (TPSA) is 26.3 Å². The van der Waals surface area contributed by atoms with Gasteiger partial charge in [0.2, 0.25) is 0 Å². The van der Waals surface area contributed by atoms with Gasteiger partial charge in [0, 0.05) is 6.42 Å². The number of ether oxygens (including phenoxy) is 1. The van der Waals surface area contributed by atoms with Gasteiger partial charge >= 0.3 is 5.97 Å². The zero-order chi connectivity index (χ0) is 12.7. The van der Waals surface area contributed by atoms with Crippen LogP contribution in [0.25, 0.3) is 0 Å². The number of carbonyl (C=O) groups is 1. The monoisotopic (exact) mass is 250 g/mol. The SMILES string of the molecule is CCOC(=O)CCC(C)[SiH2]c1ccc(C)cc1. The Balaban J connectivity index is 2.31. The maximum Gasteiger partial charge on any atom is 0.305 e. The molecule has 94 valence electrons. The number of esters is 1. The van der Waals surface area contributed by atoms with Gasteiger partial charge in [-0.1, -0.05) is 41.9 Å². The summed E-state index contributed by atoms with van der Waals surface area (Å²) < 4.78 is 4.93. The van der Waals surface area contributed by atoms with Crippen LogP contribution in [0.5, 0.6) is 0 Å². The van der Waals surface area contributed by atoms with Crippen LogP contribution in [0, 0.1) is 6.92 Å². The van der Waals surface area contributed by atoms with Gasteiger partial charge < -0.3 is 4.74 Å². The van der Waals surface area contributed by atoms with E-state index in [4.69, 9.17) is 4.74 Å². The molecule has 0 amide bonds. The van der Waals surface area contributed by atoms with Crippen LogP contribution in [0.3, 0.4) is 0 Å². The first kappa shape index (κ1) is 14.0. The van der Waals surface area contributed by atoms with Crippen LogP contribution in [0.4, 0.5) is 0 Å². The van der Waals surface area contributed by atoms with Gasteiger partial charge in [0.15, 0.2) is 0 Å². The van der Waals surface area contributed by atoms with Gasteiger partial charge in [-0.15, -0.1) is 0 Å². The lowest BCUT2D eigenvalue weighted by Crippen LogP contribution is -2.18. The molecule has 0 radical (unpaired) electrons. The summed E-state index contributed by atoms with van der Waals surface area (Å²) in [6, 6.07) is 8.78. The van der Waals surface area contributed by atoms with Crippen molar-refractivity contribution in [3.05, 3.63) is 29.8 Å². The minimum atomic E-state index is -0.268. The minimum absolute atomic E-state index is 0.0581. The van der Waals surface area contributed by atoms with E-state index in [1.165, 1.54) is 10.8 Å². The Bertz CT molecular complexity index is 346. The second-order valence-electron chi connectivity index (χ2n) is 4.64. The van der Waals surface area contributed by atoms with Crippen molar-refractivity contribution >= 4 is 20.7 Å². The molecular formula is C14H22O2Si. The number of rotatable bonds is 6. The van der Waals surface area contributed by atoms with Gasteiger partial charge in [-0.25, -0.2) is 0 Å².